The highest BCUT2D eigenvalue weighted by atomic mass is 32.2. The Hall–Kier alpha value is -1.76. The summed E-state index contributed by atoms with van der Waals surface area (Å²) in [5.41, 5.74) is 1.13. The quantitative estimate of drug-likeness (QED) is 0.401. The van der Waals surface area contributed by atoms with E-state index in [9.17, 15) is 8.42 Å². The molecule has 0 aliphatic heterocycles. The summed E-state index contributed by atoms with van der Waals surface area (Å²) in [6.07, 6.45) is 2.59. The van der Waals surface area contributed by atoms with Gasteiger partial charge in [0.2, 0.25) is 0 Å². The van der Waals surface area contributed by atoms with Crippen LogP contribution in [0.2, 0.25) is 0 Å². The first-order chi connectivity index (χ1) is 11.0. The summed E-state index contributed by atoms with van der Waals surface area (Å²) in [4.78, 5) is 4.39. The molecule has 6 nitrogen and oxygen atoms in total. The molecule has 2 N–H and O–H groups in total. The van der Waals surface area contributed by atoms with Gasteiger partial charge in [0.05, 0.1) is 12.9 Å². The zero-order valence-electron chi connectivity index (χ0n) is 14.1. The highest BCUT2D eigenvalue weighted by Gasteiger charge is 2.03. The van der Waals surface area contributed by atoms with Gasteiger partial charge >= 0.3 is 0 Å². The van der Waals surface area contributed by atoms with Crippen molar-refractivity contribution in [2.45, 2.75) is 19.8 Å². The van der Waals surface area contributed by atoms with Crippen molar-refractivity contribution in [1.82, 2.24) is 10.6 Å². The van der Waals surface area contributed by atoms with Gasteiger partial charge in [0, 0.05) is 25.9 Å². The number of rotatable bonds is 9. The Morgan fingerprint density at radius 3 is 2.65 bits per heavy atom. The Kier molecular flexibility index (Phi) is 8.47. The highest BCUT2D eigenvalue weighted by Crippen LogP contribution is 2.17. The minimum Gasteiger partial charge on any atom is -0.496 e. The fourth-order valence-corrected chi connectivity index (χ4v) is 2.74. The van der Waals surface area contributed by atoms with Crippen molar-refractivity contribution in [2.24, 2.45) is 4.99 Å². The van der Waals surface area contributed by atoms with E-state index in [1.807, 2.05) is 31.2 Å². The second kappa shape index (κ2) is 10.1. The molecule has 0 aromatic heterocycles. The van der Waals surface area contributed by atoms with Crippen LogP contribution >= 0.6 is 0 Å². The molecule has 0 amide bonds. The largest absolute Gasteiger partial charge is 0.496 e. The van der Waals surface area contributed by atoms with Gasteiger partial charge < -0.3 is 15.4 Å². The van der Waals surface area contributed by atoms with Crippen molar-refractivity contribution < 1.29 is 13.2 Å². The van der Waals surface area contributed by atoms with Gasteiger partial charge in [0.15, 0.2) is 5.96 Å². The number of ether oxygens (including phenoxy) is 1. The van der Waals surface area contributed by atoms with E-state index in [-0.39, 0.29) is 5.75 Å². The molecule has 1 rings (SSSR count). The normalized spacial score (nSPS) is 12.0. The smallest absolute Gasteiger partial charge is 0.191 e. The molecular weight excluding hydrogens is 314 g/mol. The molecule has 1 aromatic carbocycles. The topological polar surface area (TPSA) is 79.8 Å². The average molecular weight is 341 g/mol. The van der Waals surface area contributed by atoms with Crippen LogP contribution in [-0.2, 0) is 16.3 Å². The number of nitrogens with one attached hydrogen (secondary N) is 2. The van der Waals surface area contributed by atoms with E-state index in [0.717, 1.165) is 30.8 Å². The van der Waals surface area contributed by atoms with Crippen LogP contribution in [-0.4, -0.2) is 53.1 Å². The van der Waals surface area contributed by atoms with Crippen LogP contribution in [0.4, 0.5) is 0 Å². The zero-order valence-corrected chi connectivity index (χ0v) is 14.9. The van der Waals surface area contributed by atoms with Crippen LogP contribution in [0.5, 0.6) is 5.75 Å². The van der Waals surface area contributed by atoms with Gasteiger partial charge in [-0.3, -0.25) is 4.99 Å². The monoisotopic (exact) mass is 341 g/mol. The lowest BCUT2D eigenvalue weighted by molar-refractivity contribution is 0.409. The van der Waals surface area contributed by atoms with Gasteiger partial charge in [-0.15, -0.1) is 0 Å². The summed E-state index contributed by atoms with van der Waals surface area (Å²) in [7, 11) is -1.25. The van der Waals surface area contributed by atoms with Crippen LogP contribution in [0.3, 0.4) is 0 Å². The maximum absolute atomic E-state index is 11.1. The summed E-state index contributed by atoms with van der Waals surface area (Å²) in [5.74, 6) is 1.75. The van der Waals surface area contributed by atoms with Gasteiger partial charge in [-0.2, -0.15) is 0 Å². The summed E-state index contributed by atoms with van der Waals surface area (Å²) in [6, 6.07) is 7.92. The summed E-state index contributed by atoms with van der Waals surface area (Å²) in [6.45, 7) is 3.95. The molecule has 0 saturated carbocycles. The van der Waals surface area contributed by atoms with E-state index in [0.29, 0.717) is 18.9 Å². The number of nitrogens with zero attached hydrogens (tertiary/aromatic N) is 1. The molecule has 7 heteroatoms. The van der Waals surface area contributed by atoms with E-state index in [1.54, 1.807) is 7.11 Å². The molecule has 0 fully saturated rings. The summed E-state index contributed by atoms with van der Waals surface area (Å²) >= 11 is 0. The molecule has 130 valence electrons. The summed E-state index contributed by atoms with van der Waals surface area (Å²) < 4.78 is 27.5. The third kappa shape index (κ3) is 8.44. The molecule has 0 aliphatic carbocycles. The standard InChI is InChI=1S/C16H27N3O3S/c1-4-17-16(18-11-7-13-23(3,20)21)19-12-10-14-8-5-6-9-15(14)22-2/h5-6,8-9H,4,7,10-13H2,1-3H3,(H2,17,18,19). The third-order valence-corrected chi connectivity index (χ3v) is 4.20. The van der Waals surface area contributed by atoms with Gasteiger partial charge in [-0.05, 0) is 31.4 Å². The Labute approximate surface area is 139 Å². The zero-order chi connectivity index (χ0) is 17.1. The number of benzene rings is 1. The Bertz CT molecular complexity index is 600. The first-order valence-corrected chi connectivity index (χ1v) is 9.84. The number of sulfone groups is 1. The number of hydrogen-bond acceptors (Lipinski definition) is 4. The fraction of sp³-hybridized carbons (Fsp3) is 0.562. The molecule has 0 unspecified atom stereocenters. The maximum atomic E-state index is 11.1. The molecule has 0 aliphatic rings. The van der Waals surface area contributed by atoms with Crippen LogP contribution < -0.4 is 15.4 Å². The van der Waals surface area contributed by atoms with Crippen molar-refractivity contribution in [1.29, 1.82) is 0 Å². The highest BCUT2D eigenvalue weighted by molar-refractivity contribution is 7.90. The van der Waals surface area contributed by atoms with Crippen LogP contribution in [0.15, 0.2) is 29.3 Å². The summed E-state index contributed by atoms with van der Waals surface area (Å²) in [5, 5.41) is 6.41. The molecule has 0 saturated heterocycles. The number of guanidine groups is 1. The van der Waals surface area contributed by atoms with E-state index in [1.165, 1.54) is 6.26 Å². The third-order valence-electron chi connectivity index (χ3n) is 3.17. The lowest BCUT2D eigenvalue weighted by Gasteiger charge is -2.12. The van der Waals surface area contributed by atoms with E-state index in [2.05, 4.69) is 15.6 Å². The Morgan fingerprint density at radius 1 is 1.26 bits per heavy atom. The van der Waals surface area contributed by atoms with Gasteiger partial charge in [0.1, 0.15) is 15.6 Å². The van der Waals surface area contributed by atoms with E-state index >= 15 is 0 Å². The van der Waals surface area contributed by atoms with E-state index < -0.39 is 9.84 Å². The Morgan fingerprint density at radius 2 is 2.00 bits per heavy atom. The molecule has 23 heavy (non-hydrogen) atoms. The number of hydrogen-bond donors (Lipinski definition) is 2. The van der Waals surface area contributed by atoms with Crippen molar-refractivity contribution >= 4 is 15.8 Å². The van der Waals surface area contributed by atoms with E-state index in [4.69, 9.17) is 4.74 Å². The van der Waals surface area contributed by atoms with Crippen LogP contribution in [0.25, 0.3) is 0 Å². The molecule has 0 heterocycles. The second-order valence-electron chi connectivity index (χ2n) is 5.23. The number of aliphatic imine (C=N–C) groups is 1. The molecule has 0 radical (unpaired) electrons. The molecule has 1 aromatic rings. The molecule has 0 atom stereocenters. The van der Waals surface area contributed by atoms with Crippen molar-refractivity contribution in [2.75, 3.05) is 38.8 Å². The SMILES string of the molecule is CCNC(=NCCCS(C)(=O)=O)NCCc1ccccc1OC. The first kappa shape index (κ1) is 19.3. The minimum atomic E-state index is -2.92. The number of methoxy groups -OCH3 is 1. The molecule has 0 bridgehead atoms. The average Bonchev–Trinajstić information content (AvgIpc) is 2.51. The predicted molar refractivity (Wildman–Crippen MR) is 95.0 cm³/mol. The van der Waals surface area contributed by atoms with Crippen molar-refractivity contribution in [3.05, 3.63) is 29.8 Å². The van der Waals surface area contributed by atoms with Crippen LogP contribution in [0, 0.1) is 0 Å². The van der Waals surface area contributed by atoms with Crippen molar-refractivity contribution in [3.63, 3.8) is 0 Å². The lowest BCUT2D eigenvalue weighted by Crippen LogP contribution is -2.38. The van der Waals surface area contributed by atoms with Gasteiger partial charge in [-0.25, -0.2) is 8.42 Å². The van der Waals surface area contributed by atoms with Gasteiger partial charge in [-0.1, -0.05) is 18.2 Å². The predicted octanol–water partition coefficient (Wildman–Crippen LogP) is 1.23. The molecule has 0 spiro atoms. The molecular formula is C16H27N3O3S. The van der Waals surface area contributed by atoms with Crippen LogP contribution in [0.1, 0.15) is 18.9 Å². The first-order valence-electron chi connectivity index (χ1n) is 7.78. The minimum absolute atomic E-state index is 0.164. The number of para-hydroxylation sites is 1. The fourth-order valence-electron chi connectivity index (χ4n) is 2.08. The second-order valence-corrected chi connectivity index (χ2v) is 7.49. The Balaban J connectivity index is 2.46. The van der Waals surface area contributed by atoms with Crippen molar-refractivity contribution in [3.8, 4) is 5.75 Å². The maximum Gasteiger partial charge on any atom is 0.191 e. The van der Waals surface area contributed by atoms with Gasteiger partial charge in [0.25, 0.3) is 0 Å². The lowest BCUT2D eigenvalue weighted by atomic mass is 10.1.